The lowest BCUT2D eigenvalue weighted by Crippen LogP contribution is -1.92. The fraction of sp³-hybridized carbons (Fsp3) is 0.0769. The molecule has 0 aliphatic heterocycles. The van der Waals surface area contributed by atoms with Gasteiger partial charge in [-0.25, -0.2) is 0 Å². The number of benzene rings is 2. The summed E-state index contributed by atoms with van der Waals surface area (Å²) in [5, 5.41) is 9.14. The lowest BCUT2D eigenvalue weighted by Gasteiger charge is -2.04. The average Bonchev–Trinajstić information content (AvgIpc) is 2.75. The lowest BCUT2D eigenvalue weighted by molar-refractivity contribution is 0.978. The Labute approximate surface area is 98.5 Å². The molecule has 1 heterocycles. The molecule has 0 bridgehead atoms. The molecule has 3 rings (SSSR count). The Morgan fingerprint density at radius 1 is 1.06 bits per heavy atom. The highest BCUT2D eigenvalue weighted by Gasteiger charge is 2.04. The van der Waals surface area contributed by atoms with Crippen molar-refractivity contribution in [3.05, 3.63) is 53.9 Å². The van der Waals surface area contributed by atoms with Gasteiger partial charge in [-0.3, -0.25) is 5.10 Å². The molecule has 0 spiro atoms. The van der Waals surface area contributed by atoms with Gasteiger partial charge in [-0.1, -0.05) is 42.5 Å². The van der Waals surface area contributed by atoms with Crippen molar-refractivity contribution < 1.29 is 0 Å². The smallest absolute Gasteiger partial charge is 0.239 e. The number of aromatic amines is 1. The number of hydrogen-bond acceptors (Lipinski definition) is 3. The highest BCUT2D eigenvalue weighted by Crippen LogP contribution is 2.20. The second-order valence-electron chi connectivity index (χ2n) is 3.96. The average molecular weight is 224 g/mol. The zero-order valence-electron chi connectivity index (χ0n) is 9.22. The van der Waals surface area contributed by atoms with Crippen LogP contribution in [0.5, 0.6) is 0 Å². The second-order valence-corrected chi connectivity index (χ2v) is 3.96. The van der Waals surface area contributed by atoms with Gasteiger partial charge in [0.05, 0.1) is 0 Å². The quantitative estimate of drug-likeness (QED) is 0.700. The van der Waals surface area contributed by atoms with E-state index in [1.807, 2.05) is 12.1 Å². The van der Waals surface area contributed by atoms with Crippen LogP contribution in [0.4, 0.5) is 5.95 Å². The van der Waals surface area contributed by atoms with Crippen LogP contribution in [0.15, 0.2) is 42.5 Å². The van der Waals surface area contributed by atoms with Crippen molar-refractivity contribution in [2.24, 2.45) is 0 Å². The molecule has 84 valence electrons. The monoisotopic (exact) mass is 224 g/mol. The van der Waals surface area contributed by atoms with E-state index in [0.717, 1.165) is 5.82 Å². The molecule has 2 aromatic carbocycles. The van der Waals surface area contributed by atoms with E-state index >= 15 is 0 Å². The number of nitrogens with two attached hydrogens (primary N) is 1. The molecule has 0 amide bonds. The number of nitrogens with one attached hydrogen (secondary N) is 1. The maximum absolute atomic E-state index is 5.49. The topological polar surface area (TPSA) is 67.6 Å². The highest BCUT2D eigenvalue weighted by molar-refractivity contribution is 5.85. The summed E-state index contributed by atoms with van der Waals surface area (Å²) in [5.41, 5.74) is 6.71. The van der Waals surface area contributed by atoms with Gasteiger partial charge in [-0.05, 0) is 16.3 Å². The Hall–Kier alpha value is -2.36. The van der Waals surface area contributed by atoms with Crippen LogP contribution in [0.1, 0.15) is 11.4 Å². The van der Waals surface area contributed by atoms with Crippen LogP contribution >= 0.6 is 0 Å². The van der Waals surface area contributed by atoms with Crippen LogP contribution in [0.25, 0.3) is 10.8 Å². The zero-order valence-corrected chi connectivity index (χ0v) is 9.22. The minimum absolute atomic E-state index is 0.292. The fourth-order valence-corrected chi connectivity index (χ4v) is 2.02. The molecule has 4 nitrogen and oxygen atoms in total. The van der Waals surface area contributed by atoms with Crippen molar-refractivity contribution in [1.82, 2.24) is 15.2 Å². The van der Waals surface area contributed by atoms with E-state index in [0.29, 0.717) is 12.4 Å². The Kier molecular flexibility index (Phi) is 2.26. The number of hydrogen-bond donors (Lipinski definition) is 2. The molecule has 3 aromatic rings. The molecule has 0 aliphatic rings. The first-order valence-electron chi connectivity index (χ1n) is 5.46. The minimum Gasteiger partial charge on any atom is -0.367 e. The van der Waals surface area contributed by atoms with Crippen LogP contribution in [0.2, 0.25) is 0 Å². The van der Waals surface area contributed by atoms with E-state index in [2.05, 4.69) is 45.5 Å². The van der Waals surface area contributed by atoms with Crippen molar-refractivity contribution in [3.63, 3.8) is 0 Å². The molecule has 3 N–H and O–H groups in total. The zero-order chi connectivity index (χ0) is 11.7. The number of fused-ring (bicyclic) bond motifs is 1. The number of nitrogen functional groups attached to an aromatic ring is 1. The van der Waals surface area contributed by atoms with Crippen LogP contribution in [-0.4, -0.2) is 15.2 Å². The summed E-state index contributed by atoms with van der Waals surface area (Å²) in [6, 6.07) is 14.6. The summed E-state index contributed by atoms with van der Waals surface area (Å²) in [6.45, 7) is 0. The molecule has 0 radical (unpaired) electrons. The van der Waals surface area contributed by atoms with Crippen molar-refractivity contribution in [2.45, 2.75) is 6.42 Å². The van der Waals surface area contributed by atoms with Crippen molar-refractivity contribution in [3.8, 4) is 0 Å². The summed E-state index contributed by atoms with van der Waals surface area (Å²) >= 11 is 0. The molecule has 1 aromatic heterocycles. The number of anilines is 1. The number of rotatable bonds is 2. The summed E-state index contributed by atoms with van der Waals surface area (Å²) < 4.78 is 0. The fourth-order valence-electron chi connectivity index (χ4n) is 2.02. The van der Waals surface area contributed by atoms with Crippen LogP contribution in [0, 0.1) is 0 Å². The van der Waals surface area contributed by atoms with E-state index in [1.165, 1.54) is 16.3 Å². The largest absolute Gasteiger partial charge is 0.367 e. The van der Waals surface area contributed by atoms with Crippen molar-refractivity contribution >= 4 is 16.7 Å². The Morgan fingerprint density at radius 2 is 1.88 bits per heavy atom. The predicted octanol–water partition coefficient (Wildman–Crippen LogP) is 2.13. The number of nitrogens with zero attached hydrogens (tertiary/aromatic N) is 2. The van der Waals surface area contributed by atoms with Crippen LogP contribution in [0.3, 0.4) is 0 Å². The van der Waals surface area contributed by atoms with Gasteiger partial charge in [0.25, 0.3) is 0 Å². The van der Waals surface area contributed by atoms with Gasteiger partial charge in [0, 0.05) is 6.42 Å². The summed E-state index contributed by atoms with van der Waals surface area (Å²) in [5.74, 6) is 1.08. The van der Waals surface area contributed by atoms with E-state index in [4.69, 9.17) is 5.73 Å². The molecule has 0 atom stereocenters. The molecule has 0 unspecified atom stereocenters. The van der Waals surface area contributed by atoms with Crippen molar-refractivity contribution in [2.75, 3.05) is 5.73 Å². The summed E-state index contributed by atoms with van der Waals surface area (Å²) in [7, 11) is 0. The molecule has 0 saturated carbocycles. The van der Waals surface area contributed by atoms with Gasteiger partial charge in [0.1, 0.15) is 5.82 Å². The molecule has 0 fully saturated rings. The minimum atomic E-state index is 0.292. The van der Waals surface area contributed by atoms with Gasteiger partial charge in [0.15, 0.2) is 0 Å². The lowest BCUT2D eigenvalue weighted by atomic mass is 10.0. The van der Waals surface area contributed by atoms with Crippen LogP contribution < -0.4 is 5.73 Å². The van der Waals surface area contributed by atoms with Gasteiger partial charge >= 0.3 is 0 Å². The Balaban J connectivity index is 2.05. The third-order valence-corrected chi connectivity index (χ3v) is 2.79. The van der Waals surface area contributed by atoms with Gasteiger partial charge < -0.3 is 5.73 Å². The Morgan fingerprint density at radius 3 is 2.71 bits per heavy atom. The molecule has 17 heavy (non-hydrogen) atoms. The standard InChI is InChI=1S/C13H12N4/c14-13-15-12(16-17-13)8-10-6-3-5-9-4-1-2-7-11(9)10/h1-7H,8H2,(H3,14,15,16,17). The summed E-state index contributed by atoms with van der Waals surface area (Å²) in [4.78, 5) is 4.12. The molecule has 0 saturated heterocycles. The third-order valence-electron chi connectivity index (χ3n) is 2.79. The van der Waals surface area contributed by atoms with Gasteiger partial charge in [-0.2, -0.15) is 4.98 Å². The van der Waals surface area contributed by atoms with Crippen molar-refractivity contribution in [1.29, 1.82) is 0 Å². The first-order chi connectivity index (χ1) is 8.33. The third kappa shape index (κ3) is 1.85. The number of aromatic nitrogens is 3. The van der Waals surface area contributed by atoms with E-state index in [-0.39, 0.29) is 0 Å². The first-order valence-corrected chi connectivity index (χ1v) is 5.46. The van der Waals surface area contributed by atoms with E-state index in [9.17, 15) is 0 Å². The first kappa shape index (κ1) is 9.84. The molecule has 4 heteroatoms. The SMILES string of the molecule is Nc1n[nH]c(Cc2cccc3ccccc23)n1. The second kappa shape index (κ2) is 3.90. The van der Waals surface area contributed by atoms with Crippen LogP contribution in [-0.2, 0) is 6.42 Å². The normalized spacial score (nSPS) is 10.8. The highest BCUT2D eigenvalue weighted by atomic mass is 15.3. The summed E-state index contributed by atoms with van der Waals surface area (Å²) in [6.07, 6.45) is 0.714. The molecular weight excluding hydrogens is 212 g/mol. The number of H-pyrrole nitrogens is 1. The van der Waals surface area contributed by atoms with Gasteiger partial charge in [0.2, 0.25) is 5.95 Å². The van der Waals surface area contributed by atoms with E-state index < -0.39 is 0 Å². The van der Waals surface area contributed by atoms with E-state index in [1.54, 1.807) is 0 Å². The maximum atomic E-state index is 5.49. The van der Waals surface area contributed by atoms with Gasteiger partial charge in [-0.15, -0.1) is 5.10 Å². The maximum Gasteiger partial charge on any atom is 0.239 e. The Bertz CT molecular complexity index is 652. The predicted molar refractivity (Wildman–Crippen MR) is 67.5 cm³/mol. The molecule has 0 aliphatic carbocycles. The molecular formula is C13H12N4.